The first-order valence-corrected chi connectivity index (χ1v) is 9.83. The molecule has 0 saturated heterocycles. The maximum Gasteiger partial charge on any atom is 0.253 e. The monoisotopic (exact) mass is 410 g/mol. The summed E-state index contributed by atoms with van der Waals surface area (Å²) in [6, 6.07) is 11.4. The fourth-order valence-corrected chi connectivity index (χ4v) is 3.77. The lowest BCUT2D eigenvalue weighted by atomic mass is 10.1. The first-order valence-electron chi connectivity index (χ1n) is 9.83. The summed E-state index contributed by atoms with van der Waals surface area (Å²) in [5, 5.41) is 2.58. The van der Waals surface area contributed by atoms with Crippen LogP contribution in [0.3, 0.4) is 0 Å². The third kappa shape index (κ3) is 3.66. The highest BCUT2D eigenvalue weighted by Crippen LogP contribution is 2.36. The molecule has 2 aromatic carbocycles. The Balaban J connectivity index is 1.61. The molecule has 2 amide bonds. The quantitative estimate of drug-likeness (QED) is 0.606. The van der Waals surface area contributed by atoms with Crippen LogP contribution in [0.2, 0.25) is 0 Å². The molecule has 0 fully saturated rings. The predicted molar refractivity (Wildman–Crippen MR) is 112 cm³/mol. The number of hydrogen-bond acceptors (Lipinski definition) is 4. The molecule has 4 rings (SSSR count). The van der Waals surface area contributed by atoms with E-state index in [0.717, 1.165) is 16.6 Å². The first-order chi connectivity index (χ1) is 14.5. The number of benzene rings is 2. The largest absolute Gasteiger partial charge is 0.385 e. The summed E-state index contributed by atoms with van der Waals surface area (Å²) < 4.78 is 21.0. The van der Waals surface area contributed by atoms with Gasteiger partial charge in [-0.3, -0.25) is 19.1 Å². The Hall–Kier alpha value is -3.26. The molecule has 1 atom stereocenters. The fraction of sp³-hybridized carbons (Fsp3) is 0.318. The number of para-hydroxylation sites is 2. The Labute approximate surface area is 173 Å². The van der Waals surface area contributed by atoms with Gasteiger partial charge in [-0.25, -0.2) is 9.37 Å². The van der Waals surface area contributed by atoms with Crippen LogP contribution in [0, 0.1) is 12.7 Å². The van der Waals surface area contributed by atoms with Crippen molar-refractivity contribution in [1.82, 2.24) is 9.55 Å². The molecule has 30 heavy (non-hydrogen) atoms. The van der Waals surface area contributed by atoms with Crippen molar-refractivity contribution in [2.75, 3.05) is 30.5 Å². The number of rotatable bonds is 7. The fourth-order valence-electron chi connectivity index (χ4n) is 3.77. The highest BCUT2D eigenvalue weighted by molar-refractivity contribution is 6.05. The van der Waals surface area contributed by atoms with Gasteiger partial charge in [0.05, 0.1) is 23.1 Å². The molecule has 1 aliphatic rings. The van der Waals surface area contributed by atoms with E-state index in [-0.39, 0.29) is 18.0 Å². The van der Waals surface area contributed by atoms with E-state index in [2.05, 4.69) is 10.3 Å². The van der Waals surface area contributed by atoms with Crippen molar-refractivity contribution in [1.29, 1.82) is 0 Å². The van der Waals surface area contributed by atoms with Gasteiger partial charge in [0.1, 0.15) is 11.9 Å². The van der Waals surface area contributed by atoms with Crippen LogP contribution >= 0.6 is 0 Å². The number of methoxy groups -OCH3 is 1. The van der Waals surface area contributed by atoms with Crippen molar-refractivity contribution in [2.24, 2.45) is 0 Å². The second-order valence-corrected chi connectivity index (χ2v) is 7.36. The van der Waals surface area contributed by atoms with Crippen LogP contribution in [0.15, 0.2) is 42.5 Å². The van der Waals surface area contributed by atoms with Crippen LogP contribution in [0.25, 0.3) is 11.0 Å². The SMILES string of the molecule is COCCCN1C(=O)C(CC(=O)Nc2ccc(C)cc2F)n2c1nc1ccccc12. The van der Waals surface area contributed by atoms with Crippen LogP contribution in [-0.2, 0) is 14.3 Å². The number of imidazole rings is 1. The van der Waals surface area contributed by atoms with Gasteiger partial charge in [-0.2, -0.15) is 0 Å². The van der Waals surface area contributed by atoms with Gasteiger partial charge < -0.3 is 10.1 Å². The van der Waals surface area contributed by atoms with Crippen LogP contribution in [0.1, 0.15) is 24.4 Å². The van der Waals surface area contributed by atoms with Gasteiger partial charge in [-0.05, 0) is 43.2 Å². The molecule has 8 heteroatoms. The predicted octanol–water partition coefficient (Wildman–Crippen LogP) is 3.44. The minimum Gasteiger partial charge on any atom is -0.385 e. The molecule has 0 radical (unpaired) electrons. The topological polar surface area (TPSA) is 76.5 Å². The lowest BCUT2D eigenvalue weighted by Crippen LogP contribution is -2.32. The van der Waals surface area contributed by atoms with Gasteiger partial charge in [-0.15, -0.1) is 0 Å². The number of hydrogen-bond donors (Lipinski definition) is 1. The molecule has 0 spiro atoms. The van der Waals surface area contributed by atoms with Gasteiger partial charge in [0.2, 0.25) is 11.9 Å². The van der Waals surface area contributed by atoms with Crippen molar-refractivity contribution < 1.29 is 18.7 Å². The van der Waals surface area contributed by atoms with Crippen molar-refractivity contribution in [3.05, 3.63) is 53.8 Å². The number of aryl methyl sites for hydroxylation is 1. The average Bonchev–Trinajstić information content (AvgIpc) is 3.20. The third-order valence-electron chi connectivity index (χ3n) is 5.19. The minimum atomic E-state index is -0.733. The number of nitrogens with zero attached hydrogens (tertiary/aromatic N) is 3. The molecule has 0 aliphatic carbocycles. The molecular weight excluding hydrogens is 387 g/mol. The van der Waals surface area contributed by atoms with Gasteiger partial charge in [0.25, 0.3) is 5.91 Å². The molecule has 0 saturated carbocycles. The number of ether oxygens (including phenoxy) is 1. The lowest BCUT2D eigenvalue weighted by Gasteiger charge is -2.16. The van der Waals surface area contributed by atoms with Crippen LogP contribution < -0.4 is 10.2 Å². The number of aromatic nitrogens is 2. The van der Waals surface area contributed by atoms with Crippen LogP contribution in [0.4, 0.5) is 16.0 Å². The van der Waals surface area contributed by atoms with Gasteiger partial charge in [-0.1, -0.05) is 18.2 Å². The number of carbonyl (C=O) groups excluding carboxylic acids is 2. The number of halogens is 1. The van der Waals surface area contributed by atoms with E-state index >= 15 is 0 Å². The molecule has 7 nitrogen and oxygen atoms in total. The van der Waals surface area contributed by atoms with E-state index in [1.165, 1.54) is 12.1 Å². The third-order valence-corrected chi connectivity index (χ3v) is 5.19. The maximum atomic E-state index is 14.1. The second kappa shape index (κ2) is 8.23. The number of amides is 2. The summed E-state index contributed by atoms with van der Waals surface area (Å²) in [7, 11) is 1.61. The molecule has 156 valence electrons. The number of anilines is 2. The Morgan fingerprint density at radius 1 is 1.27 bits per heavy atom. The van der Waals surface area contributed by atoms with E-state index in [9.17, 15) is 14.0 Å². The van der Waals surface area contributed by atoms with E-state index in [4.69, 9.17) is 4.74 Å². The number of nitrogens with one attached hydrogen (secondary N) is 1. The molecule has 0 bridgehead atoms. The van der Waals surface area contributed by atoms with Crippen molar-refractivity contribution >= 4 is 34.5 Å². The normalized spacial score (nSPS) is 15.6. The number of fused-ring (bicyclic) bond motifs is 3. The molecule has 1 aromatic heterocycles. The average molecular weight is 410 g/mol. The summed E-state index contributed by atoms with van der Waals surface area (Å²) in [4.78, 5) is 32.0. The van der Waals surface area contributed by atoms with E-state index in [1.807, 2.05) is 24.3 Å². The summed E-state index contributed by atoms with van der Waals surface area (Å²) in [6.07, 6.45) is 0.541. The van der Waals surface area contributed by atoms with Crippen LogP contribution in [0.5, 0.6) is 0 Å². The molecule has 3 aromatic rings. The van der Waals surface area contributed by atoms with Gasteiger partial charge >= 0.3 is 0 Å². The van der Waals surface area contributed by atoms with Crippen LogP contribution in [-0.4, -0.2) is 41.6 Å². The highest BCUT2D eigenvalue weighted by atomic mass is 19.1. The zero-order valence-corrected chi connectivity index (χ0v) is 16.9. The highest BCUT2D eigenvalue weighted by Gasteiger charge is 2.40. The second-order valence-electron chi connectivity index (χ2n) is 7.36. The van der Waals surface area contributed by atoms with Crippen molar-refractivity contribution in [2.45, 2.75) is 25.8 Å². The van der Waals surface area contributed by atoms with E-state index in [0.29, 0.717) is 25.5 Å². The van der Waals surface area contributed by atoms with Gasteiger partial charge in [0.15, 0.2) is 0 Å². The summed E-state index contributed by atoms with van der Waals surface area (Å²) in [6.45, 7) is 2.73. The number of carbonyl (C=O) groups is 2. The standard InChI is InChI=1S/C22H23FN4O3/c1-14-8-9-16(15(23)12-14)24-20(28)13-19-21(29)26(10-5-11-30-2)22-25-17-6-3-4-7-18(17)27(19)22/h3-4,6-9,12,19H,5,10-11,13H2,1-2H3,(H,24,28). The van der Waals surface area contributed by atoms with Crippen molar-refractivity contribution in [3.8, 4) is 0 Å². The van der Waals surface area contributed by atoms with Crippen molar-refractivity contribution in [3.63, 3.8) is 0 Å². The van der Waals surface area contributed by atoms with E-state index in [1.54, 1.807) is 29.6 Å². The zero-order valence-electron chi connectivity index (χ0n) is 16.9. The Bertz CT molecular complexity index is 1110. The molecule has 1 N–H and O–H groups in total. The Kier molecular flexibility index (Phi) is 5.50. The molecule has 2 heterocycles. The molecular formula is C22H23FN4O3. The Morgan fingerprint density at radius 3 is 2.83 bits per heavy atom. The lowest BCUT2D eigenvalue weighted by molar-refractivity contribution is -0.124. The summed E-state index contributed by atoms with van der Waals surface area (Å²) in [5.41, 5.74) is 2.41. The first kappa shape index (κ1) is 20.0. The molecule has 1 aliphatic heterocycles. The molecule has 1 unspecified atom stereocenters. The maximum absolute atomic E-state index is 14.1. The summed E-state index contributed by atoms with van der Waals surface area (Å²) >= 11 is 0. The summed E-state index contributed by atoms with van der Waals surface area (Å²) in [5.74, 6) is -0.606. The minimum absolute atomic E-state index is 0.101. The smallest absolute Gasteiger partial charge is 0.253 e. The zero-order chi connectivity index (χ0) is 21.3. The van der Waals surface area contributed by atoms with Gasteiger partial charge in [0, 0.05) is 20.3 Å². The Morgan fingerprint density at radius 2 is 2.07 bits per heavy atom. The van der Waals surface area contributed by atoms with E-state index < -0.39 is 17.8 Å².